The monoisotopic (exact) mass is 319 g/mol. The standard InChI is InChI=1S/C17H13N5O2/c18-15-13-14(21-22(15)11-6-2-1-3-7-11)12(16(23)20-17(13)24)9-10-5-4-8-19-10/h1-9,18-19,24H,(H,20,23). The third kappa shape index (κ3) is 2.11. The van der Waals surface area contributed by atoms with Crippen molar-refractivity contribution in [3.8, 4) is 5.88 Å². The average Bonchev–Trinajstić information content (AvgIpc) is 3.20. The third-order valence-electron chi connectivity index (χ3n) is 3.78. The summed E-state index contributed by atoms with van der Waals surface area (Å²) in [7, 11) is 0. The lowest BCUT2D eigenvalue weighted by atomic mass is 10.2. The van der Waals surface area contributed by atoms with Crippen LogP contribution in [0.25, 0.3) is 6.08 Å². The molecule has 3 aromatic rings. The topological polar surface area (TPSA) is 108 Å². The first-order valence-corrected chi connectivity index (χ1v) is 7.28. The van der Waals surface area contributed by atoms with Crippen LogP contribution in [0, 0.1) is 5.41 Å². The fourth-order valence-corrected chi connectivity index (χ4v) is 2.66. The number of hydrogen-bond acceptors (Lipinski definition) is 4. The molecule has 0 saturated carbocycles. The van der Waals surface area contributed by atoms with Crippen molar-refractivity contribution in [1.29, 1.82) is 5.41 Å². The predicted molar refractivity (Wildman–Crippen MR) is 89.6 cm³/mol. The van der Waals surface area contributed by atoms with Crippen LogP contribution in [-0.4, -0.2) is 20.9 Å². The minimum absolute atomic E-state index is 0.00563. The highest BCUT2D eigenvalue weighted by atomic mass is 16.3. The normalized spacial score (nSPS) is 13.9. The number of pyridine rings is 1. The van der Waals surface area contributed by atoms with E-state index in [2.05, 4.69) is 15.1 Å². The molecule has 0 bridgehead atoms. The number of nitrogens with zero attached hydrogens (tertiary/aromatic N) is 2. The summed E-state index contributed by atoms with van der Waals surface area (Å²) in [5.41, 5.74) is 1.15. The van der Waals surface area contributed by atoms with Crippen molar-refractivity contribution in [1.82, 2.24) is 9.97 Å². The van der Waals surface area contributed by atoms with Crippen LogP contribution in [0.2, 0.25) is 0 Å². The fraction of sp³-hybridized carbons (Fsp3) is 0. The van der Waals surface area contributed by atoms with E-state index in [4.69, 9.17) is 5.41 Å². The van der Waals surface area contributed by atoms with Crippen LogP contribution in [0.4, 0.5) is 5.69 Å². The summed E-state index contributed by atoms with van der Waals surface area (Å²) < 4.78 is 0. The molecule has 7 nitrogen and oxygen atoms in total. The van der Waals surface area contributed by atoms with Gasteiger partial charge in [-0.3, -0.25) is 15.2 Å². The smallest absolute Gasteiger partial charge is 0.260 e. The van der Waals surface area contributed by atoms with Gasteiger partial charge in [0.25, 0.3) is 5.56 Å². The largest absolute Gasteiger partial charge is 0.494 e. The van der Waals surface area contributed by atoms with Gasteiger partial charge in [-0.2, -0.15) is 5.10 Å². The Balaban J connectivity index is 2.01. The highest BCUT2D eigenvalue weighted by Crippen LogP contribution is 2.21. The minimum atomic E-state index is -0.465. The molecule has 24 heavy (non-hydrogen) atoms. The molecule has 1 aliphatic heterocycles. The Morgan fingerprint density at radius 1 is 1.17 bits per heavy atom. The summed E-state index contributed by atoms with van der Waals surface area (Å²) in [5, 5.41) is 24.7. The lowest BCUT2D eigenvalue weighted by Gasteiger charge is -2.13. The number of aromatic nitrogens is 2. The second-order valence-corrected chi connectivity index (χ2v) is 5.31. The predicted octanol–water partition coefficient (Wildman–Crippen LogP) is 0.618. The van der Waals surface area contributed by atoms with Gasteiger partial charge in [0.05, 0.1) is 10.9 Å². The van der Waals surface area contributed by atoms with Crippen LogP contribution < -0.4 is 21.1 Å². The van der Waals surface area contributed by atoms with Gasteiger partial charge in [0, 0.05) is 11.9 Å². The van der Waals surface area contributed by atoms with Crippen molar-refractivity contribution in [3.05, 3.63) is 80.8 Å². The molecule has 4 rings (SSSR count). The van der Waals surface area contributed by atoms with Crippen LogP contribution in [0.15, 0.2) is 58.6 Å². The van der Waals surface area contributed by atoms with E-state index in [0.29, 0.717) is 5.69 Å². The number of amidine groups is 1. The SMILES string of the molecule is N=C1c2c(O)[nH]c(=O)c(=Cc3ccc[nH]3)c2=NN1c1ccccc1. The maximum absolute atomic E-state index is 12.3. The first kappa shape index (κ1) is 14.0. The molecule has 0 amide bonds. The summed E-state index contributed by atoms with van der Waals surface area (Å²) in [6.45, 7) is 0. The van der Waals surface area contributed by atoms with Gasteiger partial charge in [-0.15, -0.1) is 0 Å². The lowest BCUT2D eigenvalue weighted by molar-refractivity contribution is 0.449. The van der Waals surface area contributed by atoms with Crippen LogP contribution >= 0.6 is 0 Å². The Morgan fingerprint density at radius 3 is 2.67 bits per heavy atom. The number of fused-ring (bicyclic) bond motifs is 1. The maximum Gasteiger partial charge on any atom is 0.260 e. The molecular formula is C17H13N5O2. The number of nitrogens with one attached hydrogen (secondary N) is 3. The summed E-state index contributed by atoms with van der Waals surface area (Å²) >= 11 is 0. The van der Waals surface area contributed by atoms with Crippen LogP contribution in [0.3, 0.4) is 0 Å². The molecular weight excluding hydrogens is 306 g/mol. The third-order valence-corrected chi connectivity index (χ3v) is 3.78. The first-order chi connectivity index (χ1) is 11.6. The average molecular weight is 319 g/mol. The molecule has 0 radical (unpaired) electrons. The number of aromatic amines is 2. The van der Waals surface area contributed by atoms with Gasteiger partial charge in [-0.05, 0) is 30.3 Å². The van der Waals surface area contributed by atoms with Gasteiger partial charge in [-0.25, -0.2) is 5.01 Å². The van der Waals surface area contributed by atoms with Crippen LogP contribution in [-0.2, 0) is 0 Å². The summed E-state index contributed by atoms with van der Waals surface area (Å²) in [6.07, 6.45) is 3.39. The molecule has 0 aliphatic carbocycles. The Bertz CT molecular complexity index is 1100. The number of aromatic hydroxyl groups is 1. The van der Waals surface area contributed by atoms with E-state index >= 15 is 0 Å². The molecule has 0 spiro atoms. The Hall–Kier alpha value is -3.61. The van der Waals surface area contributed by atoms with E-state index < -0.39 is 5.56 Å². The summed E-state index contributed by atoms with van der Waals surface area (Å²) in [6, 6.07) is 12.8. The fourth-order valence-electron chi connectivity index (χ4n) is 2.66. The number of benzene rings is 1. The Labute approximate surface area is 135 Å². The number of para-hydroxylation sites is 1. The number of anilines is 1. The molecule has 1 aliphatic rings. The molecule has 7 heteroatoms. The zero-order chi connectivity index (χ0) is 16.7. The highest BCUT2D eigenvalue weighted by molar-refractivity contribution is 6.10. The highest BCUT2D eigenvalue weighted by Gasteiger charge is 2.26. The van der Waals surface area contributed by atoms with E-state index in [0.717, 1.165) is 5.69 Å². The molecule has 0 fully saturated rings. The number of rotatable bonds is 2. The summed E-state index contributed by atoms with van der Waals surface area (Å²) in [5.74, 6) is -0.350. The number of hydrogen-bond donors (Lipinski definition) is 4. The molecule has 2 aromatic heterocycles. The van der Waals surface area contributed by atoms with Gasteiger partial charge in [0.15, 0.2) is 5.84 Å². The minimum Gasteiger partial charge on any atom is -0.494 e. The molecule has 3 heterocycles. The van der Waals surface area contributed by atoms with E-state index in [9.17, 15) is 9.90 Å². The zero-order valence-corrected chi connectivity index (χ0v) is 12.4. The maximum atomic E-state index is 12.3. The zero-order valence-electron chi connectivity index (χ0n) is 12.4. The second-order valence-electron chi connectivity index (χ2n) is 5.31. The van der Waals surface area contributed by atoms with E-state index in [1.807, 2.05) is 30.3 Å². The lowest BCUT2D eigenvalue weighted by Crippen LogP contribution is -2.42. The molecule has 0 saturated heterocycles. The van der Waals surface area contributed by atoms with E-state index in [-0.39, 0.29) is 27.9 Å². The number of H-pyrrole nitrogens is 2. The van der Waals surface area contributed by atoms with Crippen molar-refractivity contribution < 1.29 is 5.11 Å². The van der Waals surface area contributed by atoms with Gasteiger partial charge in [0.1, 0.15) is 10.9 Å². The second kappa shape index (κ2) is 5.24. The van der Waals surface area contributed by atoms with Crippen molar-refractivity contribution in [3.63, 3.8) is 0 Å². The Morgan fingerprint density at radius 2 is 1.96 bits per heavy atom. The summed E-state index contributed by atoms with van der Waals surface area (Å²) in [4.78, 5) is 17.6. The van der Waals surface area contributed by atoms with Gasteiger partial charge in [0.2, 0.25) is 5.88 Å². The van der Waals surface area contributed by atoms with Crippen LogP contribution in [0.5, 0.6) is 5.88 Å². The van der Waals surface area contributed by atoms with Crippen molar-refractivity contribution >= 4 is 17.6 Å². The van der Waals surface area contributed by atoms with Crippen molar-refractivity contribution in [2.75, 3.05) is 5.01 Å². The first-order valence-electron chi connectivity index (χ1n) is 7.28. The van der Waals surface area contributed by atoms with Crippen LogP contribution in [0.1, 0.15) is 11.3 Å². The van der Waals surface area contributed by atoms with E-state index in [1.54, 1.807) is 24.4 Å². The van der Waals surface area contributed by atoms with Crippen molar-refractivity contribution in [2.24, 2.45) is 5.10 Å². The van der Waals surface area contributed by atoms with Crippen molar-refractivity contribution in [2.45, 2.75) is 0 Å². The van der Waals surface area contributed by atoms with Gasteiger partial charge in [-0.1, -0.05) is 18.2 Å². The van der Waals surface area contributed by atoms with E-state index in [1.165, 1.54) is 5.01 Å². The quantitative estimate of drug-likeness (QED) is 0.556. The van der Waals surface area contributed by atoms with Gasteiger partial charge < -0.3 is 10.1 Å². The molecule has 0 atom stereocenters. The molecule has 4 N–H and O–H groups in total. The van der Waals surface area contributed by atoms with Gasteiger partial charge >= 0.3 is 0 Å². The molecule has 0 unspecified atom stereocenters. The molecule has 1 aromatic carbocycles. The molecule has 118 valence electrons. The Kier molecular flexibility index (Phi) is 3.06.